The largest absolute Gasteiger partial charge is 0.376 e. The van der Waals surface area contributed by atoms with E-state index >= 15 is 0 Å². The quantitative estimate of drug-likeness (QED) is 0.726. The number of amides is 1. The van der Waals surface area contributed by atoms with Gasteiger partial charge in [-0.15, -0.1) is 0 Å². The van der Waals surface area contributed by atoms with Gasteiger partial charge in [0, 0.05) is 19.2 Å². The van der Waals surface area contributed by atoms with E-state index in [4.69, 9.17) is 9.47 Å². The third-order valence-electron chi connectivity index (χ3n) is 4.76. The second-order valence-electron chi connectivity index (χ2n) is 6.67. The Morgan fingerprint density at radius 1 is 1.29 bits per heavy atom. The Labute approximate surface area is 146 Å². The van der Waals surface area contributed by atoms with Crippen molar-refractivity contribution in [2.24, 2.45) is 0 Å². The SMILES string of the molecule is CCC(C)N(Cc1ccccc1)C(=O)C(C)OCC1CCCCO1. The van der Waals surface area contributed by atoms with Crippen LogP contribution in [0.25, 0.3) is 0 Å². The second-order valence-corrected chi connectivity index (χ2v) is 6.67. The molecule has 1 heterocycles. The van der Waals surface area contributed by atoms with Crippen molar-refractivity contribution < 1.29 is 14.3 Å². The number of carbonyl (C=O) groups is 1. The number of nitrogens with zero attached hydrogens (tertiary/aromatic N) is 1. The first-order valence-electron chi connectivity index (χ1n) is 9.19. The van der Waals surface area contributed by atoms with Gasteiger partial charge in [-0.25, -0.2) is 0 Å². The van der Waals surface area contributed by atoms with E-state index in [0.29, 0.717) is 13.2 Å². The van der Waals surface area contributed by atoms with Crippen molar-refractivity contribution >= 4 is 5.91 Å². The van der Waals surface area contributed by atoms with Gasteiger partial charge in [-0.3, -0.25) is 4.79 Å². The molecule has 4 heteroatoms. The minimum Gasteiger partial charge on any atom is -0.376 e. The Morgan fingerprint density at radius 3 is 2.67 bits per heavy atom. The Balaban J connectivity index is 1.92. The maximum absolute atomic E-state index is 12.9. The van der Waals surface area contributed by atoms with Crippen LogP contribution in [0.1, 0.15) is 52.0 Å². The smallest absolute Gasteiger partial charge is 0.251 e. The van der Waals surface area contributed by atoms with Gasteiger partial charge in [0.2, 0.25) is 0 Å². The number of hydrogen-bond acceptors (Lipinski definition) is 3. The van der Waals surface area contributed by atoms with E-state index in [1.165, 1.54) is 6.42 Å². The van der Waals surface area contributed by atoms with Gasteiger partial charge in [-0.1, -0.05) is 37.3 Å². The summed E-state index contributed by atoms with van der Waals surface area (Å²) in [5.41, 5.74) is 1.15. The molecule has 0 bridgehead atoms. The molecule has 0 aliphatic carbocycles. The van der Waals surface area contributed by atoms with E-state index in [0.717, 1.165) is 31.4 Å². The van der Waals surface area contributed by atoms with Crippen LogP contribution in [-0.4, -0.2) is 42.3 Å². The monoisotopic (exact) mass is 333 g/mol. The summed E-state index contributed by atoms with van der Waals surface area (Å²) in [4.78, 5) is 14.8. The highest BCUT2D eigenvalue weighted by Gasteiger charge is 2.26. The topological polar surface area (TPSA) is 38.8 Å². The number of hydrogen-bond donors (Lipinski definition) is 0. The summed E-state index contributed by atoms with van der Waals surface area (Å²) < 4.78 is 11.5. The van der Waals surface area contributed by atoms with Gasteiger partial charge >= 0.3 is 0 Å². The molecule has 3 unspecified atom stereocenters. The summed E-state index contributed by atoms with van der Waals surface area (Å²) in [6.45, 7) is 8.00. The molecule has 0 N–H and O–H groups in total. The van der Waals surface area contributed by atoms with Crippen LogP contribution in [0.4, 0.5) is 0 Å². The Hall–Kier alpha value is -1.39. The number of carbonyl (C=O) groups excluding carboxylic acids is 1. The van der Waals surface area contributed by atoms with E-state index in [-0.39, 0.29) is 18.1 Å². The maximum Gasteiger partial charge on any atom is 0.251 e. The molecule has 0 spiro atoms. The molecule has 1 aromatic rings. The molecule has 0 radical (unpaired) electrons. The van der Waals surface area contributed by atoms with E-state index in [9.17, 15) is 4.79 Å². The first kappa shape index (κ1) is 18.9. The molecular formula is C20H31NO3. The molecular weight excluding hydrogens is 302 g/mol. The van der Waals surface area contributed by atoms with Crippen molar-refractivity contribution in [1.29, 1.82) is 0 Å². The molecule has 1 aliphatic rings. The van der Waals surface area contributed by atoms with E-state index < -0.39 is 6.10 Å². The normalized spacial score (nSPS) is 20.4. The highest BCUT2D eigenvalue weighted by Crippen LogP contribution is 2.16. The van der Waals surface area contributed by atoms with Crippen LogP contribution >= 0.6 is 0 Å². The summed E-state index contributed by atoms with van der Waals surface area (Å²) in [5.74, 6) is 0.0593. The minimum absolute atomic E-state index is 0.0593. The average molecular weight is 333 g/mol. The predicted octanol–water partition coefficient (Wildman–Crippen LogP) is 3.79. The van der Waals surface area contributed by atoms with Crippen LogP contribution < -0.4 is 0 Å². The van der Waals surface area contributed by atoms with Crippen LogP contribution in [0.5, 0.6) is 0 Å². The van der Waals surface area contributed by atoms with E-state index in [1.54, 1.807) is 0 Å². The van der Waals surface area contributed by atoms with Crippen molar-refractivity contribution in [1.82, 2.24) is 4.90 Å². The lowest BCUT2D eigenvalue weighted by Gasteiger charge is -2.32. The van der Waals surface area contributed by atoms with Gasteiger partial charge in [0.05, 0.1) is 12.7 Å². The average Bonchev–Trinajstić information content (AvgIpc) is 2.64. The van der Waals surface area contributed by atoms with Gasteiger partial charge in [0.25, 0.3) is 5.91 Å². The van der Waals surface area contributed by atoms with Crippen LogP contribution in [0.3, 0.4) is 0 Å². The van der Waals surface area contributed by atoms with E-state index in [2.05, 4.69) is 26.0 Å². The zero-order chi connectivity index (χ0) is 17.4. The van der Waals surface area contributed by atoms with Crippen LogP contribution in [0.15, 0.2) is 30.3 Å². The van der Waals surface area contributed by atoms with E-state index in [1.807, 2.05) is 30.0 Å². The summed E-state index contributed by atoms with van der Waals surface area (Å²) in [5, 5.41) is 0. The summed E-state index contributed by atoms with van der Waals surface area (Å²) in [6, 6.07) is 10.3. The fourth-order valence-corrected chi connectivity index (χ4v) is 2.95. The lowest BCUT2D eigenvalue weighted by Crippen LogP contribution is -2.44. The van der Waals surface area contributed by atoms with Crippen molar-refractivity contribution in [3.63, 3.8) is 0 Å². The standard InChI is InChI=1S/C20H31NO3/c1-4-16(2)21(14-18-10-6-5-7-11-18)20(22)17(3)24-15-19-12-8-9-13-23-19/h5-7,10-11,16-17,19H,4,8-9,12-15H2,1-3H3. The number of ether oxygens (including phenoxy) is 2. The Bertz CT molecular complexity index is 485. The number of benzene rings is 1. The van der Waals surface area contributed by atoms with Gasteiger partial charge < -0.3 is 14.4 Å². The molecule has 134 valence electrons. The van der Waals surface area contributed by atoms with Crippen molar-refractivity contribution in [3.8, 4) is 0 Å². The fourth-order valence-electron chi connectivity index (χ4n) is 2.95. The summed E-state index contributed by atoms with van der Waals surface area (Å²) in [7, 11) is 0. The molecule has 0 aromatic heterocycles. The predicted molar refractivity (Wildman–Crippen MR) is 95.8 cm³/mol. The Morgan fingerprint density at radius 2 is 2.04 bits per heavy atom. The zero-order valence-corrected chi connectivity index (χ0v) is 15.2. The third-order valence-corrected chi connectivity index (χ3v) is 4.76. The van der Waals surface area contributed by atoms with Gasteiger partial charge in [0.1, 0.15) is 6.10 Å². The first-order chi connectivity index (χ1) is 11.6. The maximum atomic E-state index is 12.9. The summed E-state index contributed by atoms with van der Waals surface area (Å²) >= 11 is 0. The lowest BCUT2D eigenvalue weighted by atomic mass is 10.1. The molecule has 24 heavy (non-hydrogen) atoms. The molecule has 1 fully saturated rings. The van der Waals surface area contributed by atoms with Crippen LogP contribution in [-0.2, 0) is 20.8 Å². The van der Waals surface area contributed by atoms with Crippen molar-refractivity contribution in [3.05, 3.63) is 35.9 Å². The Kier molecular flexibility index (Phi) is 7.73. The molecule has 1 aliphatic heterocycles. The van der Waals surface area contributed by atoms with Crippen LogP contribution in [0.2, 0.25) is 0 Å². The molecule has 1 aromatic carbocycles. The first-order valence-corrected chi connectivity index (χ1v) is 9.19. The van der Waals surface area contributed by atoms with Gasteiger partial charge in [-0.05, 0) is 45.1 Å². The number of rotatable bonds is 8. The van der Waals surface area contributed by atoms with Crippen molar-refractivity contribution in [2.45, 2.75) is 71.2 Å². The molecule has 1 amide bonds. The summed E-state index contributed by atoms with van der Waals surface area (Å²) in [6.07, 6.45) is 3.97. The van der Waals surface area contributed by atoms with Gasteiger partial charge in [-0.2, -0.15) is 0 Å². The van der Waals surface area contributed by atoms with Crippen LogP contribution in [0, 0.1) is 0 Å². The highest BCUT2D eigenvalue weighted by atomic mass is 16.5. The minimum atomic E-state index is -0.437. The van der Waals surface area contributed by atoms with Crippen molar-refractivity contribution in [2.75, 3.05) is 13.2 Å². The lowest BCUT2D eigenvalue weighted by molar-refractivity contribution is -0.149. The molecule has 2 rings (SSSR count). The molecule has 3 atom stereocenters. The molecule has 1 saturated heterocycles. The zero-order valence-electron chi connectivity index (χ0n) is 15.2. The fraction of sp³-hybridized carbons (Fsp3) is 0.650. The third kappa shape index (κ3) is 5.60. The van der Waals surface area contributed by atoms with Gasteiger partial charge in [0.15, 0.2) is 0 Å². The highest BCUT2D eigenvalue weighted by molar-refractivity contribution is 5.80. The second kappa shape index (κ2) is 9.80. The molecule has 0 saturated carbocycles. The molecule has 4 nitrogen and oxygen atoms in total.